The molecule has 0 aliphatic rings. The van der Waals surface area contributed by atoms with Gasteiger partial charge in [0.15, 0.2) is 0 Å². The van der Waals surface area contributed by atoms with E-state index in [1.165, 1.54) is 0 Å². The summed E-state index contributed by atoms with van der Waals surface area (Å²) < 4.78 is 11.3. The van der Waals surface area contributed by atoms with E-state index in [0.29, 0.717) is 22.1 Å². The van der Waals surface area contributed by atoms with E-state index in [1.807, 2.05) is 20.8 Å². The summed E-state index contributed by atoms with van der Waals surface area (Å²) in [5.74, 6) is 1.76. The zero-order chi connectivity index (χ0) is 11.4. The molecular weight excluding hydrogens is 260 g/mol. The Hall–Kier alpha value is -0.840. The van der Waals surface area contributed by atoms with Crippen LogP contribution in [0.25, 0.3) is 0 Å². The maximum absolute atomic E-state index is 5.55. The van der Waals surface area contributed by atoms with E-state index in [1.54, 1.807) is 7.11 Å². The Labute approximate surface area is 98.2 Å². The Morgan fingerprint density at radius 2 is 1.87 bits per heavy atom. The van der Waals surface area contributed by atoms with Gasteiger partial charge in [0.05, 0.1) is 13.2 Å². The highest BCUT2D eigenvalue weighted by atomic mass is 79.9. The lowest BCUT2D eigenvalue weighted by molar-refractivity contribution is 0.227. The quantitative estimate of drug-likeness (QED) is 0.847. The molecule has 0 atom stereocenters. The summed E-state index contributed by atoms with van der Waals surface area (Å²) in [5.41, 5.74) is 0. The maximum atomic E-state index is 5.55. The van der Waals surface area contributed by atoms with E-state index in [4.69, 9.17) is 9.47 Å². The molecule has 4 nitrogen and oxygen atoms in total. The second kappa shape index (κ2) is 5.30. The van der Waals surface area contributed by atoms with Gasteiger partial charge in [-0.2, -0.15) is 9.97 Å². The molecule has 0 radical (unpaired) electrons. The average molecular weight is 275 g/mol. The smallest absolute Gasteiger partial charge is 0.235 e. The molecule has 0 fully saturated rings. The highest BCUT2D eigenvalue weighted by molar-refractivity contribution is 9.10. The third-order valence-corrected chi connectivity index (χ3v) is 2.37. The van der Waals surface area contributed by atoms with E-state index < -0.39 is 0 Å². The van der Waals surface area contributed by atoms with E-state index in [2.05, 4.69) is 25.9 Å². The van der Waals surface area contributed by atoms with Gasteiger partial charge < -0.3 is 9.47 Å². The molecule has 0 bridgehead atoms. The number of methoxy groups -OCH3 is 1. The van der Waals surface area contributed by atoms with Crippen LogP contribution in [-0.2, 0) is 6.42 Å². The molecule has 0 amide bonds. The average Bonchev–Trinajstić information content (AvgIpc) is 2.20. The number of hydrogen-bond acceptors (Lipinski definition) is 4. The van der Waals surface area contributed by atoms with Gasteiger partial charge in [-0.05, 0) is 29.8 Å². The molecule has 0 saturated carbocycles. The number of aryl methyl sites for hydroxylation is 1. The maximum Gasteiger partial charge on any atom is 0.235 e. The van der Waals surface area contributed by atoms with Crippen LogP contribution in [0.2, 0.25) is 0 Å². The first-order valence-electron chi connectivity index (χ1n) is 4.85. The Morgan fingerprint density at radius 3 is 2.33 bits per heavy atom. The van der Waals surface area contributed by atoms with E-state index in [-0.39, 0.29) is 6.10 Å². The minimum absolute atomic E-state index is 0.0746. The van der Waals surface area contributed by atoms with Gasteiger partial charge in [0.2, 0.25) is 11.8 Å². The van der Waals surface area contributed by atoms with Crippen molar-refractivity contribution in [3.63, 3.8) is 0 Å². The van der Waals surface area contributed by atoms with Crippen molar-refractivity contribution in [3.8, 4) is 11.8 Å². The standard InChI is InChI=1S/C10H15BrN2O2/c1-5-7-12-9(14-4)8(11)10(13-7)15-6(2)3/h6H,5H2,1-4H3. The summed E-state index contributed by atoms with van der Waals surface area (Å²) in [6.45, 7) is 5.89. The predicted octanol–water partition coefficient (Wildman–Crippen LogP) is 2.60. The predicted molar refractivity (Wildman–Crippen MR) is 61.4 cm³/mol. The zero-order valence-corrected chi connectivity index (χ0v) is 11.0. The lowest BCUT2D eigenvalue weighted by atomic mass is 10.4. The number of halogens is 1. The van der Waals surface area contributed by atoms with Gasteiger partial charge in [0.1, 0.15) is 10.3 Å². The molecule has 84 valence electrons. The molecule has 0 unspecified atom stereocenters. The van der Waals surface area contributed by atoms with Crippen molar-refractivity contribution in [2.45, 2.75) is 33.3 Å². The lowest BCUT2D eigenvalue weighted by Gasteiger charge is -2.13. The summed E-state index contributed by atoms with van der Waals surface area (Å²) in [5, 5.41) is 0. The largest absolute Gasteiger partial charge is 0.480 e. The number of nitrogens with zero attached hydrogens (tertiary/aromatic N) is 2. The second-order valence-electron chi connectivity index (χ2n) is 3.29. The van der Waals surface area contributed by atoms with Gasteiger partial charge >= 0.3 is 0 Å². The Balaban J connectivity index is 3.12. The monoisotopic (exact) mass is 274 g/mol. The molecule has 0 saturated heterocycles. The van der Waals surface area contributed by atoms with Crippen molar-refractivity contribution in [2.75, 3.05) is 7.11 Å². The van der Waals surface area contributed by atoms with Gasteiger partial charge in [-0.1, -0.05) is 6.92 Å². The molecule has 0 aliphatic carbocycles. The van der Waals surface area contributed by atoms with Crippen LogP contribution in [0.5, 0.6) is 11.8 Å². The van der Waals surface area contributed by atoms with Crippen molar-refractivity contribution < 1.29 is 9.47 Å². The number of rotatable bonds is 4. The normalized spacial score (nSPS) is 10.5. The minimum Gasteiger partial charge on any atom is -0.480 e. The fraction of sp³-hybridized carbons (Fsp3) is 0.600. The highest BCUT2D eigenvalue weighted by Gasteiger charge is 2.14. The molecule has 1 heterocycles. The zero-order valence-electron chi connectivity index (χ0n) is 9.37. The van der Waals surface area contributed by atoms with Crippen molar-refractivity contribution in [1.82, 2.24) is 9.97 Å². The third kappa shape index (κ3) is 3.06. The summed E-state index contributed by atoms with van der Waals surface area (Å²) >= 11 is 3.36. The van der Waals surface area contributed by atoms with Crippen LogP contribution in [0.1, 0.15) is 26.6 Å². The van der Waals surface area contributed by atoms with Crippen LogP contribution < -0.4 is 9.47 Å². The fourth-order valence-corrected chi connectivity index (χ4v) is 1.48. The fourth-order valence-electron chi connectivity index (χ4n) is 1.04. The van der Waals surface area contributed by atoms with Crippen LogP contribution in [0.4, 0.5) is 0 Å². The van der Waals surface area contributed by atoms with Crippen LogP contribution in [0.3, 0.4) is 0 Å². The first-order chi connectivity index (χ1) is 7.08. The van der Waals surface area contributed by atoms with Gasteiger partial charge in [-0.25, -0.2) is 0 Å². The summed E-state index contributed by atoms with van der Waals surface area (Å²) in [6, 6.07) is 0. The molecule has 0 N–H and O–H groups in total. The molecule has 0 aromatic carbocycles. The minimum atomic E-state index is 0.0746. The number of aromatic nitrogens is 2. The van der Waals surface area contributed by atoms with Crippen molar-refractivity contribution >= 4 is 15.9 Å². The topological polar surface area (TPSA) is 44.2 Å². The van der Waals surface area contributed by atoms with Gasteiger partial charge in [-0.3, -0.25) is 0 Å². The Bertz CT molecular complexity index is 342. The van der Waals surface area contributed by atoms with Gasteiger partial charge in [-0.15, -0.1) is 0 Å². The molecule has 1 aromatic rings. The van der Waals surface area contributed by atoms with Crippen molar-refractivity contribution in [2.24, 2.45) is 0 Å². The molecule has 1 rings (SSSR count). The summed E-state index contributed by atoms with van der Waals surface area (Å²) in [4.78, 5) is 8.50. The molecule has 0 spiro atoms. The van der Waals surface area contributed by atoms with Gasteiger partial charge in [0, 0.05) is 6.42 Å². The molecule has 1 aromatic heterocycles. The van der Waals surface area contributed by atoms with Crippen LogP contribution in [0.15, 0.2) is 4.47 Å². The second-order valence-corrected chi connectivity index (χ2v) is 4.08. The lowest BCUT2D eigenvalue weighted by Crippen LogP contribution is -2.10. The molecule has 15 heavy (non-hydrogen) atoms. The van der Waals surface area contributed by atoms with E-state index in [0.717, 1.165) is 6.42 Å². The SMILES string of the molecule is CCc1nc(OC)c(Br)c(OC(C)C)n1. The molecule has 5 heteroatoms. The number of ether oxygens (including phenoxy) is 2. The third-order valence-electron chi connectivity index (χ3n) is 1.69. The van der Waals surface area contributed by atoms with Crippen LogP contribution >= 0.6 is 15.9 Å². The van der Waals surface area contributed by atoms with Crippen LogP contribution in [0, 0.1) is 0 Å². The van der Waals surface area contributed by atoms with Crippen LogP contribution in [-0.4, -0.2) is 23.2 Å². The molecule has 0 aliphatic heterocycles. The molecular formula is C10H15BrN2O2. The summed E-state index contributed by atoms with van der Waals surface area (Å²) in [7, 11) is 1.58. The Kier molecular flexibility index (Phi) is 4.32. The van der Waals surface area contributed by atoms with E-state index in [9.17, 15) is 0 Å². The van der Waals surface area contributed by atoms with Gasteiger partial charge in [0.25, 0.3) is 0 Å². The first kappa shape index (κ1) is 12.2. The highest BCUT2D eigenvalue weighted by Crippen LogP contribution is 2.31. The first-order valence-corrected chi connectivity index (χ1v) is 5.64. The number of hydrogen-bond donors (Lipinski definition) is 0. The van der Waals surface area contributed by atoms with Crippen molar-refractivity contribution in [1.29, 1.82) is 0 Å². The summed E-state index contributed by atoms with van der Waals surface area (Å²) in [6.07, 6.45) is 0.823. The van der Waals surface area contributed by atoms with E-state index >= 15 is 0 Å². The Morgan fingerprint density at radius 1 is 1.27 bits per heavy atom. The van der Waals surface area contributed by atoms with Crippen molar-refractivity contribution in [3.05, 3.63) is 10.3 Å².